The topological polar surface area (TPSA) is 76.3 Å². The van der Waals surface area contributed by atoms with Gasteiger partial charge in [0.15, 0.2) is 5.82 Å². The standard InChI is InChI=1S/C12H14ClN3O3S2/c1-8-14-12(19-15-8)9-3-2-6-16(7-9)21(17,18)11-5-4-10(13)20-11/h4-5,9H,2-3,6-7H2,1H3. The van der Waals surface area contributed by atoms with E-state index in [1.165, 1.54) is 4.31 Å². The van der Waals surface area contributed by atoms with Crippen molar-refractivity contribution >= 4 is 33.0 Å². The zero-order chi connectivity index (χ0) is 15.0. The average molecular weight is 348 g/mol. The number of nitrogens with zero attached hydrogens (tertiary/aromatic N) is 3. The highest BCUT2D eigenvalue weighted by atomic mass is 35.5. The van der Waals surface area contributed by atoms with Crippen LogP contribution in [0.4, 0.5) is 0 Å². The number of rotatable bonds is 3. The minimum absolute atomic E-state index is 0.0508. The molecule has 0 saturated carbocycles. The number of aryl methyl sites for hydroxylation is 1. The molecule has 0 radical (unpaired) electrons. The lowest BCUT2D eigenvalue weighted by atomic mass is 10.00. The van der Waals surface area contributed by atoms with E-state index in [1.807, 2.05) is 0 Å². The Morgan fingerprint density at radius 1 is 1.48 bits per heavy atom. The molecule has 21 heavy (non-hydrogen) atoms. The van der Waals surface area contributed by atoms with E-state index in [1.54, 1.807) is 19.1 Å². The molecule has 114 valence electrons. The number of sulfonamides is 1. The molecule has 2 aromatic heterocycles. The van der Waals surface area contributed by atoms with E-state index in [-0.39, 0.29) is 10.1 Å². The molecule has 1 aliphatic heterocycles. The number of thiophene rings is 1. The Morgan fingerprint density at radius 3 is 2.90 bits per heavy atom. The molecular formula is C12H14ClN3O3S2. The summed E-state index contributed by atoms with van der Waals surface area (Å²) < 4.78 is 32.6. The fourth-order valence-electron chi connectivity index (χ4n) is 2.40. The van der Waals surface area contributed by atoms with E-state index >= 15 is 0 Å². The summed E-state index contributed by atoms with van der Waals surface area (Å²) in [5.74, 6) is 1.02. The predicted molar refractivity (Wildman–Crippen MR) is 79.1 cm³/mol. The molecule has 1 unspecified atom stereocenters. The van der Waals surface area contributed by atoms with Crippen LogP contribution in [0.1, 0.15) is 30.5 Å². The highest BCUT2D eigenvalue weighted by Gasteiger charge is 2.33. The van der Waals surface area contributed by atoms with Crippen molar-refractivity contribution < 1.29 is 12.9 Å². The first kappa shape index (κ1) is 15.0. The molecule has 0 bridgehead atoms. The third-order valence-electron chi connectivity index (χ3n) is 3.42. The molecule has 1 saturated heterocycles. The second kappa shape index (κ2) is 5.68. The molecule has 6 nitrogen and oxygen atoms in total. The first-order valence-corrected chi connectivity index (χ1v) is 9.16. The Balaban J connectivity index is 1.83. The molecule has 0 aliphatic carbocycles. The van der Waals surface area contributed by atoms with E-state index in [2.05, 4.69) is 10.1 Å². The molecule has 0 N–H and O–H groups in total. The molecule has 1 fully saturated rings. The Hall–Kier alpha value is -0.960. The fraction of sp³-hybridized carbons (Fsp3) is 0.500. The monoisotopic (exact) mass is 347 g/mol. The zero-order valence-corrected chi connectivity index (χ0v) is 13.7. The van der Waals surface area contributed by atoms with Crippen LogP contribution in [0.5, 0.6) is 0 Å². The minimum atomic E-state index is -3.50. The van der Waals surface area contributed by atoms with Gasteiger partial charge in [0.1, 0.15) is 4.21 Å². The second-order valence-electron chi connectivity index (χ2n) is 4.94. The lowest BCUT2D eigenvalue weighted by Crippen LogP contribution is -2.38. The van der Waals surface area contributed by atoms with Gasteiger partial charge in [-0.05, 0) is 31.9 Å². The molecule has 0 aromatic carbocycles. The highest BCUT2D eigenvalue weighted by molar-refractivity contribution is 7.91. The molecular weight excluding hydrogens is 334 g/mol. The number of hydrogen-bond acceptors (Lipinski definition) is 6. The summed E-state index contributed by atoms with van der Waals surface area (Å²) in [6, 6.07) is 3.14. The van der Waals surface area contributed by atoms with Gasteiger partial charge in [-0.1, -0.05) is 16.8 Å². The van der Waals surface area contributed by atoms with Crippen LogP contribution < -0.4 is 0 Å². The number of halogens is 1. The van der Waals surface area contributed by atoms with E-state index in [9.17, 15) is 8.42 Å². The Labute approximate surface area is 131 Å². The van der Waals surface area contributed by atoms with E-state index in [0.29, 0.717) is 29.1 Å². The number of aromatic nitrogens is 2. The summed E-state index contributed by atoms with van der Waals surface area (Å²) >= 11 is 6.91. The molecule has 3 heterocycles. The summed E-state index contributed by atoms with van der Waals surface area (Å²) in [6.45, 7) is 2.61. The van der Waals surface area contributed by atoms with Crippen LogP contribution in [0.3, 0.4) is 0 Å². The summed E-state index contributed by atoms with van der Waals surface area (Å²) in [4.78, 5) is 4.21. The van der Waals surface area contributed by atoms with E-state index < -0.39 is 10.0 Å². The van der Waals surface area contributed by atoms with E-state index in [4.69, 9.17) is 16.1 Å². The van der Waals surface area contributed by atoms with Gasteiger partial charge in [-0.25, -0.2) is 8.42 Å². The lowest BCUT2D eigenvalue weighted by Gasteiger charge is -2.29. The first-order valence-electron chi connectivity index (χ1n) is 6.52. The van der Waals surface area contributed by atoms with Gasteiger partial charge in [0.2, 0.25) is 5.89 Å². The average Bonchev–Trinajstić information content (AvgIpc) is 3.08. The second-order valence-corrected chi connectivity index (χ2v) is 8.82. The molecule has 2 aromatic rings. The van der Waals surface area contributed by atoms with Crippen LogP contribution in [0.25, 0.3) is 0 Å². The number of hydrogen-bond donors (Lipinski definition) is 0. The molecule has 3 rings (SSSR count). The third kappa shape index (κ3) is 2.98. The maximum Gasteiger partial charge on any atom is 0.252 e. The summed E-state index contributed by atoms with van der Waals surface area (Å²) in [7, 11) is -3.50. The molecule has 0 spiro atoms. The Kier molecular flexibility index (Phi) is 4.04. The normalized spacial score (nSPS) is 20.8. The van der Waals surface area contributed by atoms with Crippen molar-refractivity contribution in [2.45, 2.75) is 29.9 Å². The lowest BCUT2D eigenvalue weighted by molar-refractivity contribution is 0.265. The summed E-state index contributed by atoms with van der Waals surface area (Å²) in [6.07, 6.45) is 1.61. The van der Waals surface area contributed by atoms with Crippen molar-refractivity contribution in [1.82, 2.24) is 14.4 Å². The Bertz CT molecular complexity index is 741. The number of piperidine rings is 1. The Morgan fingerprint density at radius 2 is 2.29 bits per heavy atom. The minimum Gasteiger partial charge on any atom is -0.339 e. The van der Waals surface area contributed by atoms with Crippen molar-refractivity contribution in [3.63, 3.8) is 0 Å². The molecule has 1 atom stereocenters. The summed E-state index contributed by atoms with van der Waals surface area (Å²) in [5.41, 5.74) is 0. The largest absolute Gasteiger partial charge is 0.339 e. The van der Waals surface area contributed by atoms with Gasteiger partial charge in [0, 0.05) is 13.1 Å². The van der Waals surface area contributed by atoms with Crippen molar-refractivity contribution in [3.8, 4) is 0 Å². The van der Waals surface area contributed by atoms with Gasteiger partial charge in [-0.3, -0.25) is 0 Å². The quantitative estimate of drug-likeness (QED) is 0.853. The molecule has 9 heteroatoms. The van der Waals surface area contributed by atoms with Crippen molar-refractivity contribution in [1.29, 1.82) is 0 Å². The smallest absolute Gasteiger partial charge is 0.252 e. The maximum absolute atomic E-state index is 12.6. The maximum atomic E-state index is 12.6. The SMILES string of the molecule is Cc1noc(C2CCCN(S(=O)(=O)c3ccc(Cl)s3)C2)n1. The van der Waals surface area contributed by atoms with Crippen molar-refractivity contribution in [2.75, 3.05) is 13.1 Å². The zero-order valence-electron chi connectivity index (χ0n) is 11.3. The van der Waals surface area contributed by atoms with Crippen LogP contribution in [0, 0.1) is 6.92 Å². The van der Waals surface area contributed by atoms with Crippen molar-refractivity contribution in [3.05, 3.63) is 28.2 Å². The molecule has 0 amide bonds. The third-order valence-corrected chi connectivity index (χ3v) is 6.98. The van der Waals surface area contributed by atoms with Crippen LogP contribution in [-0.2, 0) is 10.0 Å². The summed E-state index contributed by atoms with van der Waals surface area (Å²) in [5, 5.41) is 3.77. The van der Waals surface area contributed by atoms with Crippen molar-refractivity contribution in [2.24, 2.45) is 0 Å². The van der Waals surface area contributed by atoms with Gasteiger partial charge in [0.25, 0.3) is 10.0 Å². The first-order chi connectivity index (χ1) is 9.96. The van der Waals surface area contributed by atoms with Gasteiger partial charge >= 0.3 is 0 Å². The fourth-order valence-corrected chi connectivity index (χ4v) is 5.57. The van der Waals surface area contributed by atoms with Gasteiger partial charge < -0.3 is 4.52 Å². The van der Waals surface area contributed by atoms with Gasteiger partial charge in [-0.2, -0.15) is 9.29 Å². The van der Waals surface area contributed by atoms with Crippen LogP contribution in [0.2, 0.25) is 4.34 Å². The van der Waals surface area contributed by atoms with Gasteiger partial charge in [-0.15, -0.1) is 11.3 Å². The van der Waals surface area contributed by atoms with Gasteiger partial charge in [0.05, 0.1) is 10.3 Å². The van der Waals surface area contributed by atoms with Crippen LogP contribution in [-0.4, -0.2) is 36.0 Å². The van der Waals surface area contributed by atoms with Crippen LogP contribution in [0.15, 0.2) is 20.9 Å². The molecule has 1 aliphatic rings. The van der Waals surface area contributed by atoms with Crippen LogP contribution >= 0.6 is 22.9 Å². The predicted octanol–water partition coefficient (Wildman–Crippen LogP) is 2.66. The highest BCUT2D eigenvalue weighted by Crippen LogP contribution is 2.33. The van der Waals surface area contributed by atoms with E-state index in [0.717, 1.165) is 24.2 Å².